The molecule has 2 N–H and O–H groups in total. The summed E-state index contributed by atoms with van der Waals surface area (Å²) in [6.07, 6.45) is -1.64. The van der Waals surface area contributed by atoms with Crippen LogP contribution in [-0.4, -0.2) is 32.3 Å². The van der Waals surface area contributed by atoms with Crippen molar-refractivity contribution in [1.29, 1.82) is 5.26 Å². The zero-order valence-corrected chi connectivity index (χ0v) is 18.0. The van der Waals surface area contributed by atoms with E-state index in [1.807, 2.05) is 0 Å². The molecule has 1 aliphatic rings. The molecule has 1 amide bonds. The van der Waals surface area contributed by atoms with Gasteiger partial charge in [0.05, 0.1) is 28.6 Å². The van der Waals surface area contributed by atoms with Crippen molar-refractivity contribution in [3.63, 3.8) is 0 Å². The summed E-state index contributed by atoms with van der Waals surface area (Å²) in [6, 6.07) is 9.98. The lowest BCUT2D eigenvalue weighted by Crippen LogP contribution is -2.45. The second-order valence-corrected chi connectivity index (χ2v) is 9.86. The van der Waals surface area contributed by atoms with E-state index in [4.69, 9.17) is 9.84 Å². The van der Waals surface area contributed by atoms with Gasteiger partial charge in [-0.05, 0) is 62.7 Å². The number of nitriles is 1. The molecular weight excluding hydrogens is 425 g/mol. The molecule has 10 heteroatoms. The van der Waals surface area contributed by atoms with Crippen LogP contribution < -0.4 is 14.4 Å². The molecule has 0 bridgehead atoms. The van der Waals surface area contributed by atoms with Gasteiger partial charge in [0.2, 0.25) is 0 Å². The lowest BCUT2D eigenvalue weighted by atomic mass is 9.88. The first kappa shape index (κ1) is 22.4. The minimum Gasteiger partial charge on any atom is -0.486 e. The van der Waals surface area contributed by atoms with Gasteiger partial charge in [-0.25, -0.2) is 17.6 Å². The van der Waals surface area contributed by atoms with E-state index in [0.29, 0.717) is 0 Å². The maximum absolute atomic E-state index is 13.7. The van der Waals surface area contributed by atoms with Crippen molar-refractivity contribution >= 4 is 27.5 Å². The van der Waals surface area contributed by atoms with Crippen molar-refractivity contribution in [2.75, 3.05) is 16.2 Å². The average molecular weight is 447 g/mol. The molecule has 0 spiro atoms. The summed E-state index contributed by atoms with van der Waals surface area (Å²) in [5.41, 5.74) is -0.257. The van der Waals surface area contributed by atoms with Crippen LogP contribution in [0, 0.1) is 29.5 Å². The fourth-order valence-corrected chi connectivity index (χ4v) is 4.95. The summed E-state index contributed by atoms with van der Waals surface area (Å²) < 4.78 is 47.7. The van der Waals surface area contributed by atoms with E-state index in [9.17, 15) is 22.9 Å². The van der Waals surface area contributed by atoms with E-state index in [-0.39, 0.29) is 40.5 Å². The normalized spacial score (nSPS) is 16.1. The van der Waals surface area contributed by atoms with Crippen molar-refractivity contribution in [2.45, 2.75) is 38.2 Å². The number of aryl methyl sites for hydroxylation is 1. The van der Waals surface area contributed by atoms with Crippen LogP contribution in [-0.2, 0) is 10.0 Å². The monoisotopic (exact) mass is 447 g/mol. The van der Waals surface area contributed by atoms with Crippen LogP contribution in [0.5, 0.6) is 5.75 Å². The van der Waals surface area contributed by atoms with Crippen LogP contribution in [0.3, 0.4) is 0 Å². The molecule has 1 unspecified atom stereocenters. The largest absolute Gasteiger partial charge is 0.486 e. The maximum atomic E-state index is 13.7. The van der Waals surface area contributed by atoms with E-state index >= 15 is 0 Å². The van der Waals surface area contributed by atoms with Gasteiger partial charge in [0.25, 0.3) is 10.0 Å². The van der Waals surface area contributed by atoms with Gasteiger partial charge in [-0.3, -0.25) is 9.62 Å². The molecule has 2 aromatic carbocycles. The Kier molecular flexibility index (Phi) is 5.83. The molecule has 0 radical (unpaired) electrons. The quantitative estimate of drug-likeness (QED) is 0.711. The first-order valence-electron chi connectivity index (χ1n) is 9.44. The van der Waals surface area contributed by atoms with Gasteiger partial charge in [0.1, 0.15) is 17.7 Å². The van der Waals surface area contributed by atoms with E-state index in [0.717, 1.165) is 10.4 Å². The van der Waals surface area contributed by atoms with E-state index in [1.54, 1.807) is 13.8 Å². The molecule has 0 saturated heterocycles. The molecular formula is C21H22FN3O5S. The van der Waals surface area contributed by atoms with E-state index in [1.165, 1.54) is 37.3 Å². The minimum absolute atomic E-state index is 0.0899. The number of carboxylic acid groups (broad SMARTS) is 1. The number of hydrogen-bond donors (Lipinski definition) is 2. The first-order chi connectivity index (χ1) is 14.4. The molecule has 1 atom stereocenters. The Morgan fingerprint density at radius 3 is 2.68 bits per heavy atom. The minimum atomic E-state index is -4.13. The topological polar surface area (TPSA) is 120 Å². The zero-order valence-electron chi connectivity index (χ0n) is 17.2. The fraction of sp³-hybridized carbons (Fsp3) is 0.333. The Hall–Kier alpha value is -3.32. The molecule has 0 saturated carbocycles. The fourth-order valence-electron chi connectivity index (χ4n) is 3.37. The number of hydrogen-bond acceptors (Lipinski definition) is 5. The molecule has 1 heterocycles. The molecule has 1 aliphatic heterocycles. The molecule has 8 nitrogen and oxygen atoms in total. The number of nitrogens with zero attached hydrogens (tertiary/aromatic N) is 2. The van der Waals surface area contributed by atoms with Crippen molar-refractivity contribution < 1.29 is 27.4 Å². The van der Waals surface area contributed by atoms with Crippen molar-refractivity contribution in [1.82, 2.24) is 0 Å². The Morgan fingerprint density at radius 1 is 1.35 bits per heavy atom. The number of nitrogens with one attached hydrogen (secondary N) is 1. The van der Waals surface area contributed by atoms with Gasteiger partial charge in [-0.1, -0.05) is 0 Å². The second-order valence-electron chi connectivity index (χ2n) is 8.00. The van der Waals surface area contributed by atoms with Crippen LogP contribution in [0.1, 0.15) is 25.8 Å². The molecule has 164 valence electrons. The molecule has 0 aromatic heterocycles. The highest BCUT2D eigenvalue weighted by Gasteiger charge is 2.37. The van der Waals surface area contributed by atoms with Gasteiger partial charge in [0, 0.05) is 12.1 Å². The van der Waals surface area contributed by atoms with Gasteiger partial charge in [-0.2, -0.15) is 5.26 Å². The summed E-state index contributed by atoms with van der Waals surface area (Å²) in [4.78, 5) is 10.9. The number of benzene rings is 2. The Bertz CT molecular complexity index is 1170. The van der Waals surface area contributed by atoms with Crippen LogP contribution >= 0.6 is 0 Å². The van der Waals surface area contributed by atoms with Gasteiger partial charge < -0.3 is 9.84 Å². The molecule has 2 aromatic rings. The summed E-state index contributed by atoms with van der Waals surface area (Å²) in [5, 5.41) is 20.5. The second kappa shape index (κ2) is 8.07. The Morgan fingerprint density at radius 2 is 2.06 bits per heavy atom. The number of amides is 1. The number of rotatable bonds is 5. The predicted molar refractivity (Wildman–Crippen MR) is 112 cm³/mol. The lowest BCUT2D eigenvalue weighted by molar-refractivity contribution is 0.156. The highest BCUT2D eigenvalue weighted by Crippen LogP contribution is 2.41. The maximum Gasteiger partial charge on any atom is 0.409 e. The lowest BCUT2D eigenvalue weighted by Gasteiger charge is -2.37. The smallest absolute Gasteiger partial charge is 0.409 e. The number of sulfonamides is 1. The van der Waals surface area contributed by atoms with Crippen LogP contribution in [0.15, 0.2) is 41.3 Å². The molecule has 3 rings (SSSR count). The third-order valence-corrected chi connectivity index (χ3v) is 6.68. The third-order valence-electron chi connectivity index (χ3n) is 4.90. The van der Waals surface area contributed by atoms with Gasteiger partial charge in [-0.15, -0.1) is 0 Å². The van der Waals surface area contributed by atoms with E-state index in [2.05, 4.69) is 11.4 Å². The van der Waals surface area contributed by atoms with Crippen LogP contribution in [0.2, 0.25) is 0 Å². The Balaban J connectivity index is 2.10. The van der Waals surface area contributed by atoms with E-state index < -0.39 is 33.5 Å². The summed E-state index contributed by atoms with van der Waals surface area (Å²) in [6.45, 7) is 4.84. The number of fused-ring (bicyclic) bond motifs is 1. The zero-order chi connectivity index (χ0) is 23.0. The highest BCUT2D eigenvalue weighted by atomic mass is 32.2. The first-order valence-corrected chi connectivity index (χ1v) is 10.9. The van der Waals surface area contributed by atoms with Crippen molar-refractivity contribution in [2.24, 2.45) is 5.41 Å². The van der Waals surface area contributed by atoms with Gasteiger partial charge in [0.15, 0.2) is 0 Å². The molecule has 31 heavy (non-hydrogen) atoms. The van der Waals surface area contributed by atoms with Crippen LogP contribution in [0.4, 0.5) is 20.6 Å². The standard InChI is InChI=1S/C21H22FN3O5S/c1-13-8-16(5-6-17(13)22)31(28,29)25-11-15(10-21(2,3)12-23)30-19-7-4-14(9-18(19)25)24-20(26)27/h4-9,15,24H,10-11H2,1-3H3,(H,26,27). The SMILES string of the molecule is Cc1cc(S(=O)(=O)N2CC(CC(C)(C)C#N)Oc3ccc(NC(=O)O)cc32)ccc1F. The number of anilines is 2. The number of halogens is 1. The van der Waals surface area contributed by atoms with Crippen molar-refractivity contribution in [3.8, 4) is 11.8 Å². The third kappa shape index (κ3) is 4.72. The summed E-state index contributed by atoms with van der Waals surface area (Å²) >= 11 is 0. The molecule has 0 fully saturated rings. The van der Waals surface area contributed by atoms with Gasteiger partial charge >= 0.3 is 6.09 Å². The predicted octanol–water partition coefficient (Wildman–Crippen LogP) is 4.12. The number of carbonyl (C=O) groups is 1. The summed E-state index contributed by atoms with van der Waals surface area (Å²) in [5.74, 6) is -0.286. The summed E-state index contributed by atoms with van der Waals surface area (Å²) in [7, 11) is -4.13. The van der Waals surface area contributed by atoms with Crippen molar-refractivity contribution in [3.05, 3.63) is 47.8 Å². The average Bonchev–Trinajstić information content (AvgIpc) is 2.68. The Labute approximate surface area is 179 Å². The molecule has 0 aliphatic carbocycles. The highest BCUT2D eigenvalue weighted by molar-refractivity contribution is 7.92. The number of ether oxygens (including phenoxy) is 1. The van der Waals surface area contributed by atoms with Crippen LogP contribution in [0.25, 0.3) is 0 Å².